The SMILES string of the molecule is O=C(NCc1ccc(CO)cc1)c1cc(=O)[nH]c(=O)[nH]1. The van der Waals surface area contributed by atoms with E-state index < -0.39 is 17.2 Å². The van der Waals surface area contributed by atoms with E-state index >= 15 is 0 Å². The van der Waals surface area contributed by atoms with Crippen molar-refractivity contribution in [2.45, 2.75) is 13.2 Å². The number of amides is 1. The van der Waals surface area contributed by atoms with E-state index in [2.05, 4.69) is 10.3 Å². The molecule has 0 unspecified atom stereocenters. The Kier molecular flexibility index (Phi) is 4.11. The van der Waals surface area contributed by atoms with Gasteiger partial charge in [0.25, 0.3) is 11.5 Å². The Balaban J connectivity index is 2.04. The van der Waals surface area contributed by atoms with Crippen LogP contribution in [0, 0.1) is 0 Å². The Morgan fingerprint density at radius 1 is 1.10 bits per heavy atom. The second-order valence-corrected chi connectivity index (χ2v) is 4.16. The molecule has 0 bridgehead atoms. The van der Waals surface area contributed by atoms with Gasteiger partial charge in [-0.3, -0.25) is 14.6 Å². The highest BCUT2D eigenvalue weighted by molar-refractivity contribution is 5.91. The molecule has 1 heterocycles. The summed E-state index contributed by atoms with van der Waals surface area (Å²) in [5.41, 5.74) is 0.161. The summed E-state index contributed by atoms with van der Waals surface area (Å²) in [7, 11) is 0. The summed E-state index contributed by atoms with van der Waals surface area (Å²) in [4.78, 5) is 38.1. The fourth-order valence-corrected chi connectivity index (χ4v) is 1.63. The van der Waals surface area contributed by atoms with Gasteiger partial charge < -0.3 is 15.4 Å². The molecule has 2 rings (SSSR count). The second kappa shape index (κ2) is 5.98. The number of aliphatic hydroxyl groups excluding tert-OH is 1. The summed E-state index contributed by atoms with van der Waals surface area (Å²) in [6.45, 7) is 0.208. The number of aromatic amines is 2. The minimum Gasteiger partial charge on any atom is -0.392 e. The molecule has 0 fully saturated rings. The van der Waals surface area contributed by atoms with Crippen LogP contribution in [0.15, 0.2) is 39.9 Å². The van der Waals surface area contributed by atoms with E-state index in [-0.39, 0.29) is 18.8 Å². The standard InChI is InChI=1S/C13H13N3O4/c17-7-9-3-1-8(2-4-9)6-14-12(19)10-5-11(18)16-13(20)15-10/h1-5,17H,6-7H2,(H,14,19)(H2,15,16,18,20). The zero-order chi connectivity index (χ0) is 14.5. The number of aromatic nitrogens is 2. The number of carbonyl (C=O) groups excluding carboxylic acids is 1. The molecule has 0 aliphatic heterocycles. The van der Waals surface area contributed by atoms with Crippen molar-refractivity contribution in [3.05, 3.63) is 68.0 Å². The molecule has 0 spiro atoms. The third-order valence-electron chi connectivity index (χ3n) is 2.66. The fraction of sp³-hybridized carbons (Fsp3) is 0.154. The Morgan fingerprint density at radius 3 is 2.35 bits per heavy atom. The van der Waals surface area contributed by atoms with E-state index in [1.54, 1.807) is 24.3 Å². The molecule has 0 radical (unpaired) electrons. The van der Waals surface area contributed by atoms with Crippen molar-refractivity contribution in [3.63, 3.8) is 0 Å². The first-order valence-corrected chi connectivity index (χ1v) is 5.89. The van der Waals surface area contributed by atoms with Crippen LogP contribution < -0.4 is 16.6 Å². The van der Waals surface area contributed by atoms with Crippen molar-refractivity contribution in [3.8, 4) is 0 Å². The van der Waals surface area contributed by atoms with Gasteiger partial charge in [-0.25, -0.2) is 4.79 Å². The number of hydrogen-bond acceptors (Lipinski definition) is 4. The number of aliphatic hydroxyl groups is 1. The van der Waals surface area contributed by atoms with Crippen molar-refractivity contribution >= 4 is 5.91 Å². The van der Waals surface area contributed by atoms with Crippen LogP contribution in [-0.4, -0.2) is 21.0 Å². The van der Waals surface area contributed by atoms with Crippen molar-refractivity contribution in [1.29, 1.82) is 0 Å². The lowest BCUT2D eigenvalue weighted by molar-refractivity contribution is 0.0945. The largest absolute Gasteiger partial charge is 0.392 e. The Hall–Kier alpha value is -2.67. The monoisotopic (exact) mass is 275 g/mol. The second-order valence-electron chi connectivity index (χ2n) is 4.16. The van der Waals surface area contributed by atoms with Crippen LogP contribution >= 0.6 is 0 Å². The van der Waals surface area contributed by atoms with E-state index in [4.69, 9.17) is 5.11 Å². The molecule has 0 aliphatic carbocycles. The number of rotatable bonds is 4. The molecule has 1 amide bonds. The van der Waals surface area contributed by atoms with E-state index in [9.17, 15) is 14.4 Å². The molecule has 104 valence electrons. The Morgan fingerprint density at radius 2 is 1.75 bits per heavy atom. The summed E-state index contributed by atoms with van der Waals surface area (Å²) >= 11 is 0. The van der Waals surface area contributed by atoms with Gasteiger partial charge >= 0.3 is 5.69 Å². The molecule has 2 aromatic rings. The molecule has 0 atom stereocenters. The van der Waals surface area contributed by atoms with E-state index in [1.165, 1.54) is 0 Å². The van der Waals surface area contributed by atoms with Crippen LogP contribution in [0.3, 0.4) is 0 Å². The van der Waals surface area contributed by atoms with Gasteiger partial charge in [0.2, 0.25) is 0 Å². The van der Waals surface area contributed by atoms with Crippen molar-refractivity contribution in [2.75, 3.05) is 0 Å². The topological polar surface area (TPSA) is 115 Å². The number of hydrogen-bond donors (Lipinski definition) is 4. The summed E-state index contributed by atoms with van der Waals surface area (Å²) in [5, 5.41) is 11.5. The van der Waals surface area contributed by atoms with Crippen LogP contribution in [0.5, 0.6) is 0 Å². The van der Waals surface area contributed by atoms with Gasteiger partial charge in [0.15, 0.2) is 0 Å². The molecular weight excluding hydrogens is 262 g/mol. The number of benzene rings is 1. The van der Waals surface area contributed by atoms with Gasteiger partial charge in [-0.05, 0) is 11.1 Å². The van der Waals surface area contributed by atoms with Gasteiger partial charge in [-0.1, -0.05) is 24.3 Å². The van der Waals surface area contributed by atoms with Crippen LogP contribution in [0.25, 0.3) is 0 Å². The molecule has 7 nitrogen and oxygen atoms in total. The smallest absolute Gasteiger partial charge is 0.326 e. The normalized spacial score (nSPS) is 10.2. The Labute approximate surface area is 113 Å². The molecule has 0 saturated carbocycles. The van der Waals surface area contributed by atoms with Gasteiger partial charge in [-0.2, -0.15) is 0 Å². The zero-order valence-electron chi connectivity index (χ0n) is 10.5. The first kappa shape index (κ1) is 13.8. The summed E-state index contributed by atoms with van der Waals surface area (Å²) in [6.07, 6.45) is 0. The van der Waals surface area contributed by atoms with Crippen LogP contribution in [0.1, 0.15) is 21.6 Å². The van der Waals surface area contributed by atoms with Crippen LogP contribution in [0.4, 0.5) is 0 Å². The quantitative estimate of drug-likeness (QED) is 0.601. The number of nitrogens with one attached hydrogen (secondary N) is 3. The van der Waals surface area contributed by atoms with Crippen molar-refractivity contribution < 1.29 is 9.90 Å². The summed E-state index contributed by atoms with van der Waals surface area (Å²) in [5.74, 6) is -0.542. The van der Waals surface area contributed by atoms with Gasteiger partial charge in [-0.15, -0.1) is 0 Å². The predicted octanol–water partition coefficient (Wildman–Crippen LogP) is -0.515. The lowest BCUT2D eigenvalue weighted by Crippen LogP contribution is -2.30. The van der Waals surface area contributed by atoms with Gasteiger partial charge in [0, 0.05) is 12.6 Å². The maximum atomic E-state index is 11.8. The predicted molar refractivity (Wildman–Crippen MR) is 71.2 cm³/mol. The molecule has 4 N–H and O–H groups in total. The van der Waals surface area contributed by atoms with E-state index in [0.29, 0.717) is 0 Å². The fourth-order valence-electron chi connectivity index (χ4n) is 1.63. The van der Waals surface area contributed by atoms with Crippen molar-refractivity contribution in [1.82, 2.24) is 15.3 Å². The maximum Gasteiger partial charge on any atom is 0.326 e. The zero-order valence-corrected chi connectivity index (χ0v) is 10.5. The Bertz CT molecular complexity index is 687. The average molecular weight is 275 g/mol. The lowest BCUT2D eigenvalue weighted by Gasteiger charge is -2.05. The molecule has 1 aromatic carbocycles. The van der Waals surface area contributed by atoms with E-state index in [1.807, 2.05) is 4.98 Å². The third kappa shape index (κ3) is 3.42. The number of H-pyrrole nitrogens is 2. The molecule has 7 heteroatoms. The summed E-state index contributed by atoms with van der Waals surface area (Å²) in [6, 6.07) is 8.05. The molecule has 0 aliphatic rings. The highest BCUT2D eigenvalue weighted by atomic mass is 16.3. The highest BCUT2D eigenvalue weighted by Crippen LogP contribution is 2.04. The highest BCUT2D eigenvalue weighted by Gasteiger charge is 2.07. The number of carbonyl (C=O) groups is 1. The van der Waals surface area contributed by atoms with Crippen LogP contribution in [-0.2, 0) is 13.2 Å². The summed E-state index contributed by atoms with van der Waals surface area (Å²) < 4.78 is 0. The molecule has 1 aromatic heterocycles. The minimum atomic E-state index is -0.727. The van der Waals surface area contributed by atoms with Crippen LogP contribution in [0.2, 0.25) is 0 Å². The van der Waals surface area contributed by atoms with Crippen molar-refractivity contribution in [2.24, 2.45) is 0 Å². The minimum absolute atomic E-state index is 0.0410. The van der Waals surface area contributed by atoms with Gasteiger partial charge in [0.1, 0.15) is 5.69 Å². The third-order valence-corrected chi connectivity index (χ3v) is 2.66. The van der Waals surface area contributed by atoms with Gasteiger partial charge in [0.05, 0.1) is 6.61 Å². The van der Waals surface area contributed by atoms with E-state index in [0.717, 1.165) is 17.2 Å². The first-order chi connectivity index (χ1) is 9.58. The average Bonchev–Trinajstić information content (AvgIpc) is 2.44. The molecule has 0 saturated heterocycles. The first-order valence-electron chi connectivity index (χ1n) is 5.89. The molecular formula is C13H13N3O4. The maximum absolute atomic E-state index is 11.8. The molecule has 20 heavy (non-hydrogen) atoms. The lowest BCUT2D eigenvalue weighted by atomic mass is 10.1.